The number of carbonyl (C=O) groups excluding carboxylic acids is 3. The van der Waals surface area contributed by atoms with Crippen molar-refractivity contribution in [3.8, 4) is 0 Å². The molecule has 0 aliphatic heterocycles. The Labute approximate surface area is 230 Å². The maximum atomic E-state index is 13.9. The molecule has 0 bridgehead atoms. The largest absolute Gasteiger partial charge is 0.463 e. The molecule has 2 N–H and O–H groups in total. The average Bonchev–Trinajstić information content (AvgIpc) is 2.83. The van der Waals surface area contributed by atoms with Crippen molar-refractivity contribution >= 4 is 17.8 Å². The number of nitrogens with one attached hydrogen (secondary N) is 2. The number of allylic oxidation sites excluding steroid dienone is 2. The molecule has 0 aliphatic carbocycles. The van der Waals surface area contributed by atoms with Gasteiger partial charge in [-0.15, -0.1) is 0 Å². The minimum atomic E-state index is -0.743. The first-order valence-electron chi connectivity index (χ1n) is 13.4. The Morgan fingerprint density at radius 2 is 1.58 bits per heavy atom. The van der Waals surface area contributed by atoms with E-state index < -0.39 is 28.9 Å². The van der Waals surface area contributed by atoms with Gasteiger partial charge in [0, 0.05) is 18.5 Å². The molecule has 3 atom stereocenters. The minimum Gasteiger partial charge on any atom is -0.463 e. The molecule has 1 aromatic carbocycles. The summed E-state index contributed by atoms with van der Waals surface area (Å²) < 4.78 is 4.95. The summed E-state index contributed by atoms with van der Waals surface area (Å²) in [7, 11) is 3.53. The minimum absolute atomic E-state index is 0.105. The van der Waals surface area contributed by atoms with Gasteiger partial charge >= 0.3 is 5.97 Å². The van der Waals surface area contributed by atoms with E-state index in [1.807, 2.05) is 91.8 Å². The lowest BCUT2D eigenvalue weighted by molar-refractivity contribution is -0.140. The van der Waals surface area contributed by atoms with Crippen LogP contribution in [0.3, 0.4) is 0 Å². The molecule has 0 aliphatic rings. The van der Waals surface area contributed by atoms with Crippen LogP contribution in [-0.2, 0) is 24.5 Å². The zero-order valence-electron chi connectivity index (χ0n) is 25.2. The monoisotopic (exact) mass is 527 g/mol. The van der Waals surface area contributed by atoms with Gasteiger partial charge in [-0.3, -0.25) is 9.59 Å². The number of ether oxygens (including phenoxy) is 1. The zero-order valence-corrected chi connectivity index (χ0v) is 25.2. The Balaban J connectivity index is 3.25. The van der Waals surface area contributed by atoms with Crippen LogP contribution in [0.5, 0.6) is 0 Å². The smallest absolute Gasteiger partial charge is 0.330 e. The van der Waals surface area contributed by atoms with Crippen LogP contribution in [0.1, 0.15) is 67.9 Å². The summed E-state index contributed by atoms with van der Waals surface area (Å²) in [6.45, 7) is 17.9. The third-order valence-corrected chi connectivity index (χ3v) is 6.87. The van der Waals surface area contributed by atoms with Gasteiger partial charge in [-0.25, -0.2) is 4.79 Å². The number of carbonyl (C=O) groups is 3. The topological polar surface area (TPSA) is 87.7 Å². The second-order valence-electron chi connectivity index (χ2n) is 11.8. The average molecular weight is 528 g/mol. The summed E-state index contributed by atoms with van der Waals surface area (Å²) in [5.74, 6) is -0.698. The van der Waals surface area contributed by atoms with Crippen LogP contribution in [0.15, 0.2) is 54.1 Å². The van der Waals surface area contributed by atoms with Crippen LogP contribution in [0.2, 0.25) is 0 Å². The van der Waals surface area contributed by atoms with Gasteiger partial charge in [-0.05, 0) is 37.8 Å². The van der Waals surface area contributed by atoms with Gasteiger partial charge < -0.3 is 20.3 Å². The SMILES string of the molecule is CCOC(=O)/C=C/C(C)=C/[C@H](C(C)C)N(C)C(=O)[C@@H](NC(=O)C(NC)C(C)(C)c1ccccc1)C(C)(C)C. The first-order valence-corrected chi connectivity index (χ1v) is 13.4. The van der Waals surface area contributed by atoms with E-state index in [4.69, 9.17) is 4.74 Å². The number of rotatable bonds is 12. The van der Waals surface area contributed by atoms with Crippen molar-refractivity contribution in [3.05, 3.63) is 59.7 Å². The molecule has 0 radical (unpaired) electrons. The highest BCUT2D eigenvalue weighted by Crippen LogP contribution is 2.29. The summed E-state index contributed by atoms with van der Waals surface area (Å²) in [5, 5.41) is 6.25. The molecule has 0 spiro atoms. The Bertz CT molecular complexity index is 990. The van der Waals surface area contributed by atoms with Crippen molar-refractivity contribution in [1.29, 1.82) is 0 Å². The van der Waals surface area contributed by atoms with Crippen LogP contribution >= 0.6 is 0 Å². The number of nitrogens with zero attached hydrogens (tertiary/aromatic N) is 1. The highest BCUT2D eigenvalue weighted by Gasteiger charge is 2.41. The number of amides is 2. The van der Waals surface area contributed by atoms with Crippen LogP contribution in [0.4, 0.5) is 0 Å². The van der Waals surface area contributed by atoms with E-state index in [0.29, 0.717) is 6.61 Å². The normalized spacial score (nSPS) is 15.2. The van der Waals surface area contributed by atoms with E-state index in [1.54, 1.807) is 32.0 Å². The molecule has 7 heteroatoms. The van der Waals surface area contributed by atoms with Crippen LogP contribution in [0.25, 0.3) is 0 Å². The quantitative estimate of drug-likeness (QED) is 0.235. The number of hydrogen-bond donors (Lipinski definition) is 2. The highest BCUT2D eigenvalue weighted by atomic mass is 16.5. The molecular weight excluding hydrogens is 478 g/mol. The van der Waals surface area contributed by atoms with E-state index >= 15 is 0 Å². The Morgan fingerprint density at radius 1 is 1.00 bits per heavy atom. The molecule has 0 saturated carbocycles. The van der Waals surface area contributed by atoms with Gasteiger partial charge in [0.2, 0.25) is 11.8 Å². The molecule has 1 unspecified atom stereocenters. The van der Waals surface area contributed by atoms with Crippen LogP contribution in [-0.4, -0.2) is 61.5 Å². The summed E-state index contributed by atoms with van der Waals surface area (Å²) >= 11 is 0. The number of likely N-dealkylation sites (N-methyl/N-ethyl adjacent to an activating group) is 2. The highest BCUT2D eigenvalue weighted by molar-refractivity contribution is 5.91. The number of benzene rings is 1. The molecule has 2 amide bonds. The molecule has 38 heavy (non-hydrogen) atoms. The standard InChI is InChI=1S/C31H49N3O4/c1-12-38-25(35)19-18-22(4)20-24(21(2)3)34(11)29(37)27(30(5,6)7)33-28(36)26(32-10)31(8,9)23-16-14-13-15-17-23/h13-21,24,26-27,32H,12H2,1-11H3,(H,33,36)/b19-18+,22-20+/t24-,26?,27-/m1/s1. The molecule has 0 fully saturated rings. The Kier molecular flexibility index (Phi) is 12.4. The molecule has 0 saturated heterocycles. The summed E-state index contributed by atoms with van der Waals surface area (Å²) in [6.07, 6.45) is 5.05. The molecule has 1 rings (SSSR count). The first-order chi connectivity index (χ1) is 17.6. The lowest BCUT2D eigenvalue weighted by Crippen LogP contribution is -2.61. The van der Waals surface area contributed by atoms with Crippen LogP contribution in [0, 0.1) is 11.3 Å². The number of hydrogen-bond acceptors (Lipinski definition) is 5. The second-order valence-corrected chi connectivity index (χ2v) is 11.8. The van der Waals surface area contributed by atoms with Gasteiger partial charge in [0.25, 0.3) is 0 Å². The fraction of sp³-hybridized carbons (Fsp3) is 0.581. The van der Waals surface area contributed by atoms with Crippen molar-refractivity contribution in [2.24, 2.45) is 11.3 Å². The third kappa shape index (κ3) is 9.12. The molecule has 1 aromatic rings. The summed E-state index contributed by atoms with van der Waals surface area (Å²) in [6, 6.07) is 8.36. The first kappa shape index (κ1) is 33.1. The zero-order chi connectivity index (χ0) is 29.3. The maximum absolute atomic E-state index is 13.9. The fourth-order valence-corrected chi connectivity index (χ4v) is 4.55. The lowest BCUT2D eigenvalue weighted by Gasteiger charge is -2.40. The predicted molar refractivity (Wildman–Crippen MR) is 155 cm³/mol. The van der Waals surface area contributed by atoms with E-state index in [-0.39, 0.29) is 23.8 Å². The van der Waals surface area contributed by atoms with E-state index in [9.17, 15) is 14.4 Å². The summed E-state index contributed by atoms with van der Waals surface area (Å²) in [5.41, 5.74) is 0.831. The van der Waals surface area contributed by atoms with Gasteiger partial charge in [0.1, 0.15) is 6.04 Å². The van der Waals surface area contributed by atoms with Gasteiger partial charge in [0.05, 0.1) is 18.7 Å². The third-order valence-electron chi connectivity index (χ3n) is 6.87. The molecular formula is C31H49N3O4. The van der Waals surface area contributed by atoms with Crippen molar-refractivity contribution in [2.45, 2.75) is 85.9 Å². The lowest BCUT2D eigenvalue weighted by atomic mass is 9.76. The van der Waals surface area contributed by atoms with Crippen molar-refractivity contribution in [3.63, 3.8) is 0 Å². The van der Waals surface area contributed by atoms with Gasteiger partial charge in [-0.1, -0.05) is 96.5 Å². The predicted octanol–water partition coefficient (Wildman–Crippen LogP) is 4.63. The van der Waals surface area contributed by atoms with E-state index in [1.165, 1.54) is 6.08 Å². The van der Waals surface area contributed by atoms with Crippen LogP contribution < -0.4 is 10.6 Å². The van der Waals surface area contributed by atoms with Gasteiger partial charge in [-0.2, -0.15) is 0 Å². The van der Waals surface area contributed by atoms with Crippen molar-refractivity contribution in [2.75, 3.05) is 20.7 Å². The Morgan fingerprint density at radius 3 is 2.05 bits per heavy atom. The van der Waals surface area contributed by atoms with E-state index in [0.717, 1.165) is 11.1 Å². The second kappa shape index (κ2) is 14.3. The molecule has 0 heterocycles. The van der Waals surface area contributed by atoms with Crippen molar-refractivity contribution < 1.29 is 19.1 Å². The number of esters is 1. The fourth-order valence-electron chi connectivity index (χ4n) is 4.55. The van der Waals surface area contributed by atoms with E-state index in [2.05, 4.69) is 10.6 Å². The summed E-state index contributed by atoms with van der Waals surface area (Å²) in [4.78, 5) is 41.0. The molecule has 7 nitrogen and oxygen atoms in total. The van der Waals surface area contributed by atoms with Crippen molar-refractivity contribution in [1.82, 2.24) is 15.5 Å². The Hall–Kier alpha value is -2.93. The maximum Gasteiger partial charge on any atom is 0.330 e. The molecule has 212 valence electrons. The van der Waals surface area contributed by atoms with Gasteiger partial charge in [0.15, 0.2) is 0 Å². The molecule has 0 aromatic heterocycles.